The minimum Gasteiger partial charge on any atom is -0.479 e. The van der Waals surface area contributed by atoms with Gasteiger partial charge in [-0.2, -0.15) is 0 Å². The van der Waals surface area contributed by atoms with Crippen LogP contribution in [0.4, 0.5) is 0 Å². The Morgan fingerprint density at radius 1 is 1.82 bits per heavy atom. The summed E-state index contributed by atoms with van der Waals surface area (Å²) in [6.07, 6.45) is -0.204. The summed E-state index contributed by atoms with van der Waals surface area (Å²) in [6.45, 7) is 1.68. The topological polar surface area (TPSA) is 86.2 Å². The highest BCUT2D eigenvalue weighted by Gasteiger charge is 2.17. The van der Waals surface area contributed by atoms with Crippen LogP contribution in [0.3, 0.4) is 0 Å². The number of aliphatic carboxylic acids is 1. The molecule has 0 aliphatic carbocycles. The Kier molecular flexibility index (Phi) is 1.91. The van der Waals surface area contributed by atoms with Gasteiger partial charge >= 0.3 is 5.97 Å². The highest BCUT2D eigenvalue weighted by molar-refractivity contribution is 5.73. The zero-order valence-corrected chi connectivity index (χ0v) is 5.90. The number of nitrogens with one attached hydrogen (secondary N) is 1. The number of carboxylic acids is 1. The average Bonchev–Trinajstić information content (AvgIpc) is 2.34. The molecule has 0 aromatic carbocycles. The van der Waals surface area contributed by atoms with Crippen LogP contribution >= 0.6 is 0 Å². The van der Waals surface area contributed by atoms with Gasteiger partial charge in [0.1, 0.15) is 5.82 Å². The number of carboxylic acid groups (broad SMARTS) is 1. The van der Waals surface area contributed by atoms with Crippen LogP contribution in [0.15, 0.2) is 6.20 Å². The number of rotatable bonds is 2. The maximum Gasteiger partial charge on any atom is 0.338 e. The van der Waals surface area contributed by atoms with Gasteiger partial charge in [0, 0.05) is 0 Å². The molecule has 1 aromatic rings. The monoisotopic (exact) mass is 156 g/mol. The lowest BCUT2D eigenvalue weighted by Crippen LogP contribution is -2.10. The molecule has 5 heteroatoms. The minimum atomic E-state index is -1.50. The number of aromatic nitrogens is 2. The standard InChI is InChI=1S/C6H8N2O3/c1-3-7-2-4(8-3)5(9)6(10)11/h2,5,9H,1H3,(H,7,8)(H,10,11). The lowest BCUT2D eigenvalue weighted by molar-refractivity contribution is -0.147. The number of H-pyrrole nitrogens is 1. The van der Waals surface area contributed by atoms with Crippen molar-refractivity contribution in [1.82, 2.24) is 9.97 Å². The van der Waals surface area contributed by atoms with Gasteiger partial charge < -0.3 is 15.2 Å². The van der Waals surface area contributed by atoms with E-state index in [2.05, 4.69) is 9.97 Å². The van der Waals surface area contributed by atoms with Crippen molar-refractivity contribution in [2.24, 2.45) is 0 Å². The van der Waals surface area contributed by atoms with E-state index < -0.39 is 12.1 Å². The maximum atomic E-state index is 10.2. The third-order valence-corrected chi connectivity index (χ3v) is 1.25. The number of carbonyl (C=O) groups is 1. The second-order valence-electron chi connectivity index (χ2n) is 2.16. The minimum absolute atomic E-state index is 0.204. The Balaban J connectivity index is 2.84. The summed E-state index contributed by atoms with van der Waals surface area (Å²) in [4.78, 5) is 16.6. The van der Waals surface area contributed by atoms with Crippen molar-refractivity contribution in [3.05, 3.63) is 17.7 Å². The second-order valence-corrected chi connectivity index (χ2v) is 2.16. The van der Waals surface area contributed by atoms with Crippen molar-refractivity contribution >= 4 is 5.97 Å². The molecule has 0 aliphatic rings. The molecule has 0 saturated heterocycles. The van der Waals surface area contributed by atoms with E-state index in [1.54, 1.807) is 6.92 Å². The van der Waals surface area contributed by atoms with Gasteiger partial charge in [-0.25, -0.2) is 9.78 Å². The Morgan fingerprint density at radius 3 is 2.82 bits per heavy atom. The van der Waals surface area contributed by atoms with Crippen molar-refractivity contribution in [1.29, 1.82) is 0 Å². The predicted octanol–water partition coefficient (Wildman–Crippen LogP) is -0.164. The van der Waals surface area contributed by atoms with Crippen LogP contribution in [0.25, 0.3) is 0 Å². The summed E-state index contributed by atoms with van der Waals surface area (Å²) in [6, 6.07) is 0. The normalized spacial score (nSPS) is 12.9. The lowest BCUT2D eigenvalue weighted by Gasteiger charge is -1.99. The van der Waals surface area contributed by atoms with Crippen molar-refractivity contribution < 1.29 is 15.0 Å². The predicted molar refractivity (Wildman–Crippen MR) is 35.9 cm³/mol. The molecule has 11 heavy (non-hydrogen) atoms. The van der Waals surface area contributed by atoms with Crippen molar-refractivity contribution in [3.63, 3.8) is 0 Å². The summed E-state index contributed by atoms with van der Waals surface area (Å²) < 4.78 is 0. The number of nitrogens with zero attached hydrogens (tertiary/aromatic N) is 1. The Morgan fingerprint density at radius 2 is 2.45 bits per heavy atom. The molecule has 0 bridgehead atoms. The van der Waals surface area contributed by atoms with Crippen molar-refractivity contribution in [2.75, 3.05) is 0 Å². The fourth-order valence-corrected chi connectivity index (χ4v) is 0.712. The SMILES string of the molecule is Cc1ncc(C(O)C(=O)O)[nH]1. The molecule has 1 rings (SSSR count). The molecule has 1 heterocycles. The van der Waals surface area contributed by atoms with E-state index in [1.807, 2.05) is 0 Å². The number of aliphatic hydroxyl groups is 1. The summed E-state index contributed by atoms with van der Waals surface area (Å²) >= 11 is 0. The molecule has 5 nitrogen and oxygen atoms in total. The first-order valence-corrected chi connectivity index (χ1v) is 3.03. The molecular formula is C6H8N2O3. The second kappa shape index (κ2) is 2.71. The molecule has 3 N–H and O–H groups in total. The fourth-order valence-electron chi connectivity index (χ4n) is 0.712. The van der Waals surface area contributed by atoms with Crippen LogP contribution in [0, 0.1) is 6.92 Å². The highest BCUT2D eigenvalue weighted by Crippen LogP contribution is 2.08. The van der Waals surface area contributed by atoms with Crippen molar-refractivity contribution in [2.45, 2.75) is 13.0 Å². The van der Waals surface area contributed by atoms with E-state index in [1.165, 1.54) is 6.20 Å². The maximum absolute atomic E-state index is 10.2. The number of hydrogen-bond donors (Lipinski definition) is 3. The third kappa shape index (κ3) is 1.56. The average molecular weight is 156 g/mol. The number of hydrogen-bond acceptors (Lipinski definition) is 3. The summed E-state index contributed by atoms with van der Waals surface area (Å²) in [5.41, 5.74) is 0.204. The zero-order chi connectivity index (χ0) is 8.43. The Bertz CT molecular complexity index is 269. The van der Waals surface area contributed by atoms with E-state index >= 15 is 0 Å². The first-order chi connectivity index (χ1) is 5.11. The molecule has 0 aliphatic heterocycles. The summed E-state index contributed by atoms with van der Waals surface area (Å²) in [5.74, 6) is -0.700. The smallest absolute Gasteiger partial charge is 0.338 e. The largest absolute Gasteiger partial charge is 0.479 e. The number of aromatic amines is 1. The van der Waals surface area contributed by atoms with Crippen LogP contribution in [0.5, 0.6) is 0 Å². The van der Waals surface area contributed by atoms with Crippen LogP contribution in [-0.2, 0) is 4.79 Å². The Hall–Kier alpha value is -1.36. The molecular weight excluding hydrogens is 148 g/mol. The fraction of sp³-hybridized carbons (Fsp3) is 0.333. The number of aryl methyl sites for hydroxylation is 1. The van der Waals surface area contributed by atoms with Crippen LogP contribution in [-0.4, -0.2) is 26.2 Å². The quantitative estimate of drug-likeness (QED) is 0.555. The van der Waals surface area contributed by atoms with Gasteiger partial charge in [-0.3, -0.25) is 0 Å². The van der Waals surface area contributed by atoms with Gasteiger partial charge in [-0.05, 0) is 6.92 Å². The first kappa shape index (κ1) is 7.74. The van der Waals surface area contributed by atoms with Gasteiger partial charge in [-0.15, -0.1) is 0 Å². The van der Waals surface area contributed by atoms with E-state index in [4.69, 9.17) is 10.2 Å². The Labute approximate surface area is 62.7 Å². The molecule has 0 saturated carbocycles. The van der Waals surface area contributed by atoms with E-state index in [9.17, 15) is 4.79 Å². The molecule has 1 atom stereocenters. The highest BCUT2D eigenvalue weighted by atomic mass is 16.4. The van der Waals surface area contributed by atoms with Gasteiger partial charge in [0.2, 0.25) is 0 Å². The summed E-state index contributed by atoms with van der Waals surface area (Å²) in [7, 11) is 0. The molecule has 60 valence electrons. The lowest BCUT2D eigenvalue weighted by atomic mass is 10.3. The first-order valence-electron chi connectivity index (χ1n) is 3.03. The third-order valence-electron chi connectivity index (χ3n) is 1.25. The van der Waals surface area contributed by atoms with Crippen molar-refractivity contribution in [3.8, 4) is 0 Å². The van der Waals surface area contributed by atoms with Gasteiger partial charge in [-0.1, -0.05) is 0 Å². The van der Waals surface area contributed by atoms with E-state index in [-0.39, 0.29) is 5.69 Å². The molecule has 0 radical (unpaired) electrons. The van der Waals surface area contributed by atoms with Gasteiger partial charge in [0.15, 0.2) is 6.10 Å². The zero-order valence-electron chi connectivity index (χ0n) is 5.90. The summed E-state index contributed by atoms with van der Waals surface area (Å²) in [5, 5.41) is 17.3. The van der Waals surface area contributed by atoms with Crippen LogP contribution in [0.2, 0.25) is 0 Å². The number of imidazole rings is 1. The van der Waals surface area contributed by atoms with Crippen LogP contribution < -0.4 is 0 Å². The molecule has 0 spiro atoms. The van der Waals surface area contributed by atoms with Crippen LogP contribution in [0.1, 0.15) is 17.6 Å². The van der Waals surface area contributed by atoms with Gasteiger partial charge in [0.05, 0.1) is 11.9 Å². The van der Waals surface area contributed by atoms with Gasteiger partial charge in [0.25, 0.3) is 0 Å². The number of aliphatic hydroxyl groups excluding tert-OH is 1. The van der Waals surface area contributed by atoms with E-state index in [0.29, 0.717) is 5.82 Å². The molecule has 1 aromatic heterocycles. The molecule has 0 fully saturated rings. The molecule has 1 unspecified atom stereocenters. The van der Waals surface area contributed by atoms with E-state index in [0.717, 1.165) is 0 Å². The molecule has 0 amide bonds.